The second kappa shape index (κ2) is 6.53. The van der Waals surface area contributed by atoms with Crippen LogP contribution in [0, 0.1) is 5.82 Å². The number of nitrogens with zero attached hydrogens (tertiary/aromatic N) is 1. The van der Waals surface area contributed by atoms with Gasteiger partial charge in [0.2, 0.25) is 0 Å². The molecule has 3 aromatic rings. The van der Waals surface area contributed by atoms with E-state index in [1.54, 1.807) is 24.3 Å². The SMILES string of the molecule is COc1ccc2c(c1)C(=O)N(C[C@@]1(c3cc4cc(F)ccc4s3)NC(=O)NC1=O)C2. The quantitative estimate of drug-likeness (QED) is 0.630. The molecule has 0 spiro atoms. The Morgan fingerprint density at radius 2 is 2.00 bits per heavy atom. The Kier molecular flexibility index (Phi) is 4.04. The van der Waals surface area contributed by atoms with Crippen LogP contribution in [0.5, 0.6) is 5.75 Å². The Bertz CT molecular complexity index is 1240. The average molecular weight is 425 g/mol. The minimum Gasteiger partial charge on any atom is -0.497 e. The zero-order chi connectivity index (χ0) is 21.0. The minimum absolute atomic E-state index is 0.0459. The van der Waals surface area contributed by atoms with Crippen LogP contribution in [0.15, 0.2) is 42.5 Å². The number of hydrogen-bond donors (Lipinski definition) is 2. The van der Waals surface area contributed by atoms with Gasteiger partial charge in [-0.2, -0.15) is 0 Å². The predicted molar refractivity (Wildman–Crippen MR) is 108 cm³/mol. The molecule has 0 radical (unpaired) electrons. The number of nitrogens with one attached hydrogen (secondary N) is 2. The van der Waals surface area contributed by atoms with Crippen molar-refractivity contribution >= 4 is 39.3 Å². The molecule has 1 atom stereocenters. The molecule has 5 rings (SSSR count). The maximum absolute atomic E-state index is 13.6. The lowest BCUT2D eigenvalue weighted by Gasteiger charge is -2.30. The summed E-state index contributed by atoms with van der Waals surface area (Å²) in [4.78, 5) is 40.0. The largest absolute Gasteiger partial charge is 0.497 e. The number of urea groups is 1. The highest BCUT2D eigenvalue weighted by atomic mass is 32.1. The van der Waals surface area contributed by atoms with Crippen LogP contribution in [0.4, 0.5) is 9.18 Å². The zero-order valence-corrected chi connectivity index (χ0v) is 16.6. The number of fused-ring (bicyclic) bond motifs is 2. The zero-order valence-electron chi connectivity index (χ0n) is 15.8. The smallest absolute Gasteiger partial charge is 0.322 e. The average Bonchev–Trinajstić information content (AvgIpc) is 3.36. The van der Waals surface area contributed by atoms with E-state index in [1.807, 2.05) is 6.07 Å². The number of hydrogen-bond acceptors (Lipinski definition) is 5. The summed E-state index contributed by atoms with van der Waals surface area (Å²) in [6, 6.07) is 10.7. The number of ether oxygens (including phenoxy) is 1. The molecule has 0 aliphatic carbocycles. The van der Waals surface area contributed by atoms with Crippen molar-refractivity contribution in [3.63, 3.8) is 0 Å². The highest BCUT2D eigenvalue weighted by Crippen LogP contribution is 2.38. The van der Waals surface area contributed by atoms with E-state index in [4.69, 9.17) is 4.74 Å². The van der Waals surface area contributed by atoms with Gasteiger partial charge in [-0.25, -0.2) is 9.18 Å². The van der Waals surface area contributed by atoms with Crippen LogP contribution in [0.1, 0.15) is 20.8 Å². The lowest BCUT2D eigenvalue weighted by atomic mass is 9.96. The molecule has 1 fully saturated rings. The van der Waals surface area contributed by atoms with E-state index in [1.165, 1.54) is 35.5 Å². The number of thiophene rings is 1. The van der Waals surface area contributed by atoms with Gasteiger partial charge in [-0.1, -0.05) is 6.07 Å². The van der Waals surface area contributed by atoms with Crippen LogP contribution in [-0.2, 0) is 16.9 Å². The Morgan fingerprint density at radius 3 is 2.73 bits per heavy atom. The van der Waals surface area contributed by atoms with Gasteiger partial charge in [0.05, 0.1) is 13.7 Å². The third-order valence-electron chi connectivity index (χ3n) is 5.46. The van der Waals surface area contributed by atoms with Gasteiger partial charge < -0.3 is 15.0 Å². The van der Waals surface area contributed by atoms with Gasteiger partial charge in [-0.05, 0) is 47.3 Å². The Hall–Kier alpha value is -3.46. The first-order valence-electron chi connectivity index (χ1n) is 9.19. The molecule has 2 N–H and O–H groups in total. The number of imide groups is 1. The summed E-state index contributed by atoms with van der Waals surface area (Å²) < 4.78 is 19.6. The van der Waals surface area contributed by atoms with Crippen molar-refractivity contribution in [3.05, 3.63) is 64.3 Å². The molecule has 1 saturated heterocycles. The number of halogens is 1. The Labute approximate surface area is 174 Å². The summed E-state index contributed by atoms with van der Waals surface area (Å²) in [6.07, 6.45) is 0. The first-order valence-corrected chi connectivity index (χ1v) is 10.0. The van der Waals surface area contributed by atoms with Crippen molar-refractivity contribution in [3.8, 4) is 5.75 Å². The lowest BCUT2D eigenvalue weighted by Crippen LogP contribution is -2.52. The molecule has 152 valence electrons. The standard InChI is InChI=1S/C21H16FN3O4S/c1-29-14-4-2-11-9-25(18(26)15(11)8-14)10-21(19(27)23-20(28)24-21)17-7-12-6-13(22)3-5-16(12)30-17/h2-8H,9-10H2,1H3,(H2,23,24,27,28)/t21-/m0/s1. The van der Waals surface area contributed by atoms with Crippen LogP contribution < -0.4 is 15.4 Å². The third kappa shape index (κ3) is 2.73. The van der Waals surface area contributed by atoms with Gasteiger partial charge in [-0.15, -0.1) is 11.3 Å². The molecule has 30 heavy (non-hydrogen) atoms. The van der Waals surface area contributed by atoms with Gasteiger partial charge in [-0.3, -0.25) is 14.9 Å². The number of amides is 4. The molecule has 0 saturated carbocycles. The molecule has 0 bridgehead atoms. The number of methoxy groups -OCH3 is 1. The number of rotatable bonds is 4. The fourth-order valence-electron chi connectivity index (χ4n) is 3.96. The molecule has 2 aliphatic rings. The predicted octanol–water partition coefficient (Wildman–Crippen LogP) is 2.74. The van der Waals surface area contributed by atoms with E-state index < -0.39 is 17.5 Å². The van der Waals surface area contributed by atoms with Gasteiger partial charge in [0.15, 0.2) is 5.54 Å². The third-order valence-corrected chi connectivity index (χ3v) is 6.74. The normalized spacial score (nSPS) is 20.5. The molecule has 2 aliphatic heterocycles. The summed E-state index contributed by atoms with van der Waals surface area (Å²) in [6.45, 7) is 0.262. The van der Waals surface area contributed by atoms with Crippen molar-refractivity contribution < 1.29 is 23.5 Å². The van der Waals surface area contributed by atoms with E-state index in [2.05, 4.69) is 10.6 Å². The van der Waals surface area contributed by atoms with Crippen molar-refractivity contribution in [2.75, 3.05) is 13.7 Å². The van der Waals surface area contributed by atoms with E-state index in [9.17, 15) is 18.8 Å². The van der Waals surface area contributed by atoms with Crippen LogP contribution in [-0.4, -0.2) is 36.4 Å². The van der Waals surface area contributed by atoms with Crippen molar-refractivity contribution in [2.45, 2.75) is 12.1 Å². The summed E-state index contributed by atoms with van der Waals surface area (Å²) in [5.41, 5.74) is -0.120. The van der Waals surface area contributed by atoms with Gasteiger partial charge in [0.1, 0.15) is 11.6 Å². The summed E-state index contributed by atoms with van der Waals surface area (Å²) in [5, 5.41) is 5.61. The van der Waals surface area contributed by atoms with Gasteiger partial charge in [0, 0.05) is 21.7 Å². The Balaban J connectivity index is 1.55. The molecule has 2 aromatic carbocycles. The highest BCUT2D eigenvalue weighted by Gasteiger charge is 2.51. The van der Waals surface area contributed by atoms with Crippen LogP contribution >= 0.6 is 11.3 Å². The van der Waals surface area contributed by atoms with E-state index in [0.29, 0.717) is 28.1 Å². The molecular weight excluding hydrogens is 409 g/mol. The molecule has 3 heterocycles. The fourth-order valence-corrected chi connectivity index (χ4v) is 5.14. The summed E-state index contributed by atoms with van der Waals surface area (Å²) in [7, 11) is 1.52. The maximum Gasteiger partial charge on any atom is 0.322 e. The van der Waals surface area contributed by atoms with Crippen LogP contribution in [0.25, 0.3) is 10.1 Å². The van der Waals surface area contributed by atoms with Crippen molar-refractivity contribution in [2.24, 2.45) is 0 Å². The van der Waals surface area contributed by atoms with Crippen LogP contribution in [0.2, 0.25) is 0 Å². The number of carbonyl (C=O) groups excluding carboxylic acids is 3. The molecule has 4 amide bonds. The van der Waals surface area contributed by atoms with Crippen molar-refractivity contribution in [1.82, 2.24) is 15.5 Å². The number of carbonyl (C=O) groups is 3. The maximum atomic E-state index is 13.6. The monoisotopic (exact) mass is 425 g/mol. The fraction of sp³-hybridized carbons (Fsp3) is 0.190. The highest BCUT2D eigenvalue weighted by molar-refractivity contribution is 7.19. The summed E-state index contributed by atoms with van der Waals surface area (Å²) in [5.74, 6) is -0.609. The van der Waals surface area contributed by atoms with E-state index in [0.717, 1.165) is 10.3 Å². The minimum atomic E-state index is -1.45. The van der Waals surface area contributed by atoms with Gasteiger partial charge >= 0.3 is 6.03 Å². The van der Waals surface area contributed by atoms with Crippen molar-refractivity contribution in [1.29, 1.82) is 0 Å². The Morgan fingerprint density at radius 1 is 1.17 bits per heavy atom. The molecule has 7 nitrogen and oxygen atoms in total. The number of benzene rings is 2. The molecule has 0 unspecified atom stereocenters. The summed E-state index contributed by atoms with van der Waals surface area (Å²) >= 11 is 1.28. The molecule has 9 heteroatoms. The van der Waals surface area contributed by atoms with Gasteiger partial charge in [0.25, 0.3) is 11.8 Å². The second-order valence-electron chi connectivity index (χ2n) is 7.29. The molecule has 1 aromatic heterocycles. The van der Waals surface area contributed by atoms with Crippen LogP contribution in [0.3, 0.4) is 0 Å². The first-order chi connectivity index (χ1) is 14.4. The van der Waals surface area contributed by atoms with E-state index >= 15 is 0 Å². The van der Waals surface area contributed by atoms with E-state index in [-0.39, 0.29) is 18.3 Å². The topological polar surface area (TPSA) is 87.7 Å². The molecular formula is C21H16FN3O4S. The second-order valence-corrected chi connectivity index (χ2v) is 8.37. The first kappa shape index (κ1) is 18.6. The lowest BCUT2D eigenvalue weighted by molar-refractivity contribution is -0.124.